The average molecular weight is 664 g/mol. The van der Waals surface area contributed by atoms with Gasteiger partial charge in [0.15, 0.2) is 0 Å². The smallest absolute Gasteiger partial charge is 0.278 e. The lowest BCUT2D eigenvalue weighted by Crippen LogP contribution is -2.40. The van der Waals surface area contributed by atoms with E-state index in [1.165, 1.54) is 24.5 Å². The highest BCUT2D eigenvalue weighted by molar-refractivity contribution is 7.99. The lowest BCUT2D eigenvalue weighted by molar-refractivity contribution is -0.0880. The zero-order valence-corrected chi connectivity index (χ0v) is 26.9. The van der Waals surface area contributed by atoms with Crippen molar-refractivity contribution in [1.29, 1.82) is 0 Å². The summed E-state index contributed by atoms with van der Waals surface area (Å²) in [5.74, 6) is -4.27. The maximum Gasteiger partial charge on any atom is 0.278 e. The van der Waals surface area contributed by atoms with Crippen molar-refractivity contribution in [3.63, 3.8) is 0 Å². The number of nitrogens with zero attached hydrogens (tertiary/aromatic N) is 4. The largest absolute Gasteiger partial charge is 0.381 e. The van der Waals surface area contributed by atoms with E-state index in [0.717, 1.165) is 31.1 Å². The second-order valence-corrected chi connectivity index (χ2v) is 15.1. The van der Waals surface area contributed by atoms with Crippen molar-refractivity contribution >= 4 is 33.6 Å². The summed E-state index contributed by atoms with van der Waals surface area (Å²) in [5, 5.41) is -0.00643. The molecule has 0 saturated carbocycles. The number of aromatic nitrogens is 3. The van der Waals surface area contributed by atoms with Crippen LogP contribution in [0.3, 0.4) is 0 Å². The maximum absolute atomic E-state index is 15.9. The van der Waals surface area contributed by atoms with E-state index in [9.17, 15) is 9.00 Å². The van der Waals surface area contributed by atoms with Crippen LogP contribution in [-0.4, -0.2) is 68.0 Å². The number of rotatable bonds is 1. The van der Waals surface area contributed by atoms with E-state index in [1.807, 2.05) is 0 Å². The second-order valence-electron chi connectivity index (χ2n) is 12.3. The fraction of sp³-hybridized carbons (Fsp3) is 0.594. The third-order valence-corrected chi connectivity index (χ3v) is 11.9. The summed E-state index contributed by atoms with van der Waals surface area (Å²) in [4.78, 5) is 25.0. The zero-order valence-electron chi connectivity index (χ0n) is 25.3. The number of aryl methyl sites for hydroxylation is 1. The number of benzene rings is 1. The molecule has 13 heteroatoms. The van der Waals surface area contributed by atoms with Gasteiger partial charge in [-0.15, -0.1) is 0 Å². The Balaban J connectivity index is 1.39. The lowest BCUT2D eigenvalue weighted by atomic mass is 9.85. The standard InChI is InChI=1S/C32H40F3N5O3S2/c33-27-23-5-3-6-26(27)32(34,35)22-7-13-39(14-8-22)11-1-2-15-43-16-4-12-40-29-25(30(38-20-37-29)44-28(23)36)19-24(31(40)41)21-9-17-45(42)18-10-21/h3,5-6,19-22,28H,1-2,4,7-18,36H2/t21?,28-,45?/m1/s1. The van der Waals surface area contributed by atoms with Gasteiger partial charge >= 0.3 is 0 Å². The molecular weight excluding hydrogens is 624 g/mol. The Morgan fingerprint density at radius 3 is 2.51 bits per heavy atom. The van der Waals surface area contributed by atoms with Gasteiger partial charge in [-0.2, -0.15) is 0 Å². The van der Waals surface area contributed by atoms with Gasteiger partial charge in [-0.1, -0.05) is 30.0 Å². The first kappa shape index (κ1) is 32.6. The van der Waals surface area contributed by atoms with Gasteiger partial charge in [0, 0.05) is 59.1 Å². The highest BCUT2D eigenvalue weighted by Crippen LogP contribution is 2.45. The molecule has 0 unspecified atom stereocenters. The van der Waals surface area contributed by atoms with E-state index in [4.69, 9.17) is 10.5 Å². The van der Waals surface area contributed by atoms with E-state index >= 15 is 13.2 Å². The second kappa shape index (κ2) is 14.2. The van der Waals surface area contributed by atoms with Crippen LogP contribution < -0.4 is 11.3 Å². The van der Waals surface area contributed by atoms with Crippen molar-refractivity contribution in [2.24, 2.45) is 11.7 Å². The number of halogens is 3. The zero-order chi connectivity index (χ0) is 31.6. The molecule has 2 aromatic heterocycles. The van der Waals surface area contributed by atoms with Gasteiger partial charge in [0.1, 0.15) is 22.8 Å². The molecule has 0 spiro atoms. The minimum atomic E-state index is -3.34. The molecule has 45 heavy (non-hydrogen) atoms. The third-order valence-electron chi connectivity index (χ3n) is 9.42. The molecule has 7 rings (SSSR count). The summed E-state index contributed by atoms with van der Waals surface area (Å²) in [5.41, 5.74) is 6.78. The number of fused-ring (bicyclic) bond motifs is 10. The van der Waals surface area contributed by atoms with Gasteiger partial charge in [-0.3, -0.25) is 13.6 Å². The third kappa shape index (κ3) is 7.02. The molecule has 1 aromatic carbocycles. The van der Waals surface area contributed by atoms with Crippen LogP contribution in [0.5, 0.6) is 0 Å². The molecule has 0 aliphatic carbocycles. The topological polar surface area (TPSA) is 103 Å². The summed E-state index contributed by atoms with van der Waals surface area (Å²) < 4.78 is 67.2. The summed E-state index contributed by atoms with van der Waals surface area (Å²) in [6.45, 7) is 3.36. The molecule has 3 aromatic rings. The normalized spacial score (nSPS) is 28.4. The highest BCUT2D eigenvalue weighted by Gasteiger charge is 2.45. The Bertz CT molecular complexity index is 1590. The molecule has 8 nitrogen and oxygen atoms in total. The van der Waals surface area contributed by atoms with Crippen LogP contribution in [0.4, 0.5) is 13.2 Å². The fourth-order valence-corrected chi connectivity index (χ4v) is 9.03. The minimum absolute atomic E-state index is 0.0241. The van der Waals surface area contributed by atoms with Gasteiger partial charge in [0.05, 0.1) is 16.3 Å². The van der Waals surface area contributed by atoms with Crippen LogP contribution in [0.1, 0.15) is 72.9 Å². The Kier molecular flexibility index (Phi) is 10.3. The number of ether oxygens (including phenoxy) is 1. The number of hydrogen-bond acceptors (Lipinski definition) is 8. The first-order valence-corrected chi connectivity index (χ1v) is 18.2. The predicted molar refractivity (Wildman–Crippen MR) is 171 cm³/mol. The molecule has 4 aliphatic heterocycles. The van der Waals surface area contributed by atoms with E-state index in [-0.39, 0.29) is 17.0 Å². The molecule has 6 heterocycles. The van der Waals surface area contributed by atoms with E-state index in [0.29, 0.717) is 98.1 Å². The number of nitrogens with two attached hydrogens (primary N) is 1. The summed E-state index contributed by atoms with van der Waals surface area (Å²) in [6.07, 6.45) is 5.56. The van der Waals surface area contributed by atoms with Gasteiger partial charge in [-0.05, 0) is 76.6 Å². The molecule has 0 radical (unpaired) electrons. The Morgan fingerprint density at radius 1 is 0.978 bits per heavy atom. The molecular formula is C32H40F3N5O3S2. The van der Waals surface area contributed by atoms with Crippen LogP contribution in [0.2, 0.25) is 0 Å². The van der Waals surface area contributed by atoms with Crippen LogP contribution in [-0.2, 0) is 28.0 Å². The lowest BCUT2D eigenvalue weighted by Gasteiger charge is -2.36. The van der Waals surface area contributed by atoms with Crippen LogP contribution in [0.25, 0.3) is 11.0 Å². The van der Waals surface area contributed by atoms with Crippen molar-refractivity contribution in [2.75, 3.05) is 44.4 Å². The van der Waals surface area contributed by atoms with E-state index in [2.05, 4.69) is 14.9 Å². The maximum atomic E-state index is 15.9. The molecule has 8 bridgehead atoms. The van der Waals surface area contributed by atoms with Crippen molar-refractivity contribution < 1.29 is 22.1 Å². The Morgan fingerprint density at radius 2 is 1.73 bits per heavy atom. The molecule has 2 fully saturated rings. The van der Waals surface area contributed by atoms with Crippen LogP contribution in [0, 0.1) is 11.7 Å². The molecule has 1 atom stereocenters. The first-order valence-electron chi connectivity index (χ1n) is 15.9. The molecule has 4 aliphatic rings. The van der Waals surface area contributed by atoms with Crippen LogP contribution in [0.15, 0.2) is 40.4 Å². The summed E-state index contributed by atoms with van der Waals surface area (Å²) in [7, 11) is -0.889. The van der Waals surface area contributed by atoms with Crippen molar-refractivity contribution in [3.8, 4) is 0 Å². The number of thioether (sulfide) groups is 1. The molecule has 2 saturated heterocycles. The number of piperidine rings is 1. The highest BCUT2D eigenvalue weighted by atomic mass is 32.2. The van der Waals surface area contributed by atoms with Gasteiger partial charge < -0.3 is 15.4 Å². The molecule has 0 amide bonds. The van der Waals surface area contributed by atoms with Crippen molar-refractivity contribution in [3.05, 3.63) is 63.5 Å². The van der Waals surface area contributed by atoms with Crippen molar-refractivity contribution in [1.82, 2.24) is 19.4 Å². The van der Waals surface area contributed by atoms with Gasteiger partial charge in [0.2, 0.25) is 0 Å². The minimum Gasteiger partial charge on any atom is -0.381 e. The molecule has 2 N–H and O–H groups in total. The van der Waals surface area contributed by atoms with E-state index < -0.39 is 39.4 Å². The summed E-state index contributed by atoms with van der Waals surface area (Å²) in [6, 6.07) is 5.85. The van der Waals surface area contributed by atoms with E-state index in [1.54, 1.807) is 10.6 Å². The first-order chi connectivity index (χ1) is 21.7. The Labute approximate surface area is 267 Å². The predicted octanol–water partition coefficient (Wildman–Crippen LogP) is 5.31. The Hall–Kier alpha value is -2.32. The quantitative estimate of drug-likeness (QED) is 0.350. The number of pyridine rings is 1. The fourth-order valence-electron chi connectivity index (χ4n) is 6.80. The molecule has 244 valence electrons. The number of hydrogen-bond donors (Lipinski definition) is 1. The van der Waals surface area contributed by atoms with Crippen molar-refractivity contribution in [2.45, 2.75) is 73.7 Å². The average Bonchev–Trinajstić information content (AvgIpc) is 3.03. The monoisotopic (exact) mass is 663 g/mol. The van der Waals surface area contributed by atoms with Crippen LogP contribution >= 0.6 is 11.8 Å². The van der Waals surface area contributed by atoms with Gasteiger partial charge in [0.25, 0.3) is 11.5 Å². The number of alkyl halides is 2. The van der Waals surface area contributed by atoms with Gasteiger partial charge in [-0.25, -0.2) is 23.1 Å². The SMILES string of the molecule is N[C@@H]1Sc2ncnc3c2cc(C2CCS(=O)CC2)c(=O)n3CCCOCCCCN2CCC(CC2)C(F)(F)c2cccc1c2F. The summed E-state index contributed by atoms with van der Waals surface area (Å²) >= 11 is 1.05.